The molecule has 0 aliphatic heterocycles. The molecule has 5 rings (SSSR count). The number of rotatable bonds is 6. The predicted molar refractivity (Wildman–Crippen MR) is 118 cm³/mol. The minimum Gasteiger partial charge on any atom is -0.493 e. The second kappa shape index (κ2) is 7.95. The number of benzene rings is 3. The summed E-state index contributed by atoms with van der Waals surface area (Å²) >= 11 is 0. The van der Waals surface area contributed by atoms with Gasteiger partial charge in [0, 0.05) is 22.9 Å². The van der Waals surface area contributed by atoms with Crippen LogP contribution in [-0.4, -0.2) is 34.2 Å². The lowest BCUT2D eigenvalue weighted by Gasteiger charge is -2.12. The molecule has 7 nitrogen and oxygen atoms in total. The van der Waals surface area contributed by atoms with Gasteiger partial charge in [0.05, 0.1) is 43.3 Å². The number of fused-ring (bicyclic) bond motifs is 2. The Morgan fingerprint density at radius 3 is 2.48 bits per heavy atom. The first-order valence-electron chi connectivity index (χ1n) is 9.79. The highest BCUT2D eigenvalue weighted by molar-refractivity contribution is 5.92. The van der Waals surface area contributed by atoms with Crippen molar-refractivity contribution < 1.29 is 14.2 Å². The molecule has 0 bridgehead atoms. The molecular formula is C24H20N4O3. The van der Waals surface area contributed by atoms with Gasteiger partial charge in [-0.1, -0.05) is 30.3 Å². The molecule has 0 atom stereocenters. The molecule has 2 heterocycles. The van der Waals surface area contributed by atoms with Crippen LogP contribution in [0.4, 0.5) is 0 Å². The van der Waals surface area contributed by atoms with E-state index in [2.05, 4.69) is 15.3 Å². The van der Waals surface area contributed by atoms with E-state index in [-0.39, 0.29) is 0 Å². The van der Waals surface area contributed by atoms with Crippen LogP contribution >= 0.6 is 0 Å². The topological polar surface area (TPSA) is 71.3 Å². The zero-order valence-electron chi connectivity index (χ0n) is 17.1. The van der Waals surface area contributed by atoms with Gasteiger partial charge >= 0.3 is 0 Å². The van der Waals surface area contributed by atoms with Crippen molar-refractivity contribution in [3.05, 3.63) is 78.6 Å². The van der Waals surface area contributed by atoms with E-state index in [9.17, 15) is 0 Å². The minimum atomic E-state index is 0.497. The summed E-state index contributed by atoms with van der Waals surface area (Å²) in [7, 11) is 3.20. The van der Waals surface area contributed by atoms with Crippen LogP contribution in [0.3, 0.4) is 0 Å². The maximum absolute atomic E-state index is 6.01. The smallest absolute Gasteiger partial charge is 0.162 e. The van der Waals surface area contributed by atoms with Gasteiger partial charge in [-0.2, -0.15) is 15.3 Å². The monoisotopic (exact) mass is 412 g/mol. The molecule has 0 spiro atoms. The molecule has 0 N–H and O–H groups in total. The first kappa shape index (κ1) is 18.9. The number of hydrogen-bond acceptors (Lipinski definition) is 6. The van der Waals surface area contributed by atoms with Crippen molar-refractivity contribution in [2.24, 2.45) is 0 Å². The van der Waals surface area contributed by atoms with Crippen LogP contribution in [0.1, 0.15) is 5.56 Å². The van der Waals surface area contributed by atoms with Gasteiger partial charge < -0.3 is 14.2 Å². The standard InChI is InChI=1S/C24H20N4O3/c1-29-23-11-19-20(12-24(23)30-2)27-25-14-22(19)28-21-10-18(9-8-17(21)13-26-28)31-15-16-6-4-3-5-7-16/h3-14H,15H2,1-2H3. The van der Waals surface area contributed by atoms with Crippen molar-refractivity contribution in [1.29, 1.82) is 0 Å². The summed E-state index contributed by atoms with van der Waals surface area (Å²) in [6.07, 6.45) is 3.52. The summed E-state index contributed by atoms with van der Waals surface area (Å²) in [5.41, 5.74) is 3.51. The van der Waals surface area contributed by atoms with Crippen molar-refractivity contribution in [3.63, 3.8) is 0 Å². The van der Waals surface area contributed by atoms with Crippen molar-refractivity contribution >= 4 is 21.8 Å². The second-order valence-corrected chi connectivity index (χ2v) is 7.01. The van der Waals surface area contributed by atoms with Crippen LogP contribution in [0.25, 0.3) is 27.5 Å². The molecular weight excluding hydrogens is 392 g/mol. The Balaban J connectivity index is 1.58. The summed E-state index contributed by atoms with van der Waals surface area (Å²) in [5, 5.41) is 14.9. The van der Waals surface area contributed by atoms with Crippen molar-refractivity contribution in [1.82, 2.24) is 20.0 Å². The molecule has 0 amide bonds. The molecule has 0 fully saturated rings. The van der Waals surface area contributed by atoms with Gasteiger partial charge in [0.15, 0.2) is 11.5 Å². The Kier molecular flexibility index (Phi) is 4.84. The molecule has 2 aromatic heterocycles. The summed E-state index contributed by atoms with van der Waals surface area (Å²) in [5.74, 6) is 1.99. The molecule has 0 radical (unpaired) electrons. The third kappa shape index (κ3) is 3.50. The fourth-order valence-corrected chi connectivity index (χ4v) is 3.56. The third-order valence-corrected chi connectivity index (χ3v) is 5.14. The SMILES string of the molecule is COc1cc2nncc(-n3ncc4ccc(OCc5ccccc5)cc43)c2cc1OC. The second-order valence-electron chi connectivity index (χ2n) is 7.01. The average molecular weight is 412 g/mol. The van der Waals surface area contributed by atoms with Crippen molar-refractivity contribution in [3.8, 4) is 22.9 Å². The van der Waals surface area contributed by atoms with Gasteiger partial charge in [0.2, 0.25) is 0 Å². The molecule has 7 heteroatoms. The molecule has 0 aliphatic carbocycles. The van der Waals surface area contributed by atoms with Crippen molar-refractivity contribution in [2.45, 2.75) is 6.61 Å². The minimum absolute atomic E-state index is 0.497. The number of aromatic nitrogens is 4. The van der Waals surface area contributed by atoms with Gasteiger partial charge in [-0.05, 0) is 23.8 Å². The largest absolute Gasteiger partial charge is 0.493 e. The Hall–Kier alpha value is -4.13. The lowest BCUT2D eigenvalue weighted by Crippen LogP contribution is -2.01. The van der Waals surface area contributed by atoms with E-state index in [1.165, 1.54) is 0 Å². The zero-order valence-corrected chi connectivity index (χ0v) is 17.1. The van der Waals surface area contributed by atoms with Crippen LogP contribution < -0.4 is 14.2 Å². The van der Waals surface area contributed by atoms with E-state index < -0.39 is 0 Å². The Bertz CT molecular complexity index is 1370. The van der Waals surface area contributed by atoms with Crippen LogP contribution in [-0.2, 0) is 6.61 Å². The normalized spacial score (nSPS) is 11.0. The summed E-state index contributed by atoms with van der Waals surface area (Å²) in [4.78, 5) is 0. The molecule has 3 aromatic carbocycles. The van der Waals surface area contributed by atoms with Crippen LogP contribution in [0.2, 0.25) is 0 Å². The molecule has 31 heavy (non-hydrogen) atoms. The third-order valence-electron chi connectivity index (χ3n) is 5.14. The van der Waals surface area contributed by atoms with E-state index in [0.29, 0.717) is 23.6 Å². The van der Waals surface area contributed by atoms with E-state index >= 15 is 0 Å². The Morgan fingerprint density at radius 1 is 0.871 bits per heavy atom. The number of hydrogen-bond donors (Lipinski definition) is 0. The van der Waals surface area contributed by atoms with E-state index in [4.69, 9.17) is 14.2 Å². The molecule has 0 saturated heterocycles. The average Bonchev–Trinajstić information content (AvgIpc) is 3.25. The van der Waals surface area contributed by atoms with Gasteiger partial charge in [0.1, 0.15) is 12.4 Å². The summed E-state index contributed by atoms with van der Waals surface area (Å²) in [6, 6.07) is 19.7. The van der Waals surface area contributed by atoms with E-state index in [1.54, 1.807) is 20.4 Å². The van der Waals surface area contributed by atoms with E-state index in [1.807, 2.05) is 71.5 Å². The lowest BCUT2D eigenvalue weighted by atomic mass is 10.1. The van der Waals surface area contributed by atoms with Crippen LogP contribution in [0.15, 0.2) is 73.1 Å². The van der Waals surface area contributed by atoms with Gasteiger partial charge in [0.25, 0.3) is 0 Å². The number of ether oxygens (including phenoxy) is 3. The quantitative estimate of drug-likeness (QED) is 0.407. The molecule has 5 aromatic rings. The fraction of sp³-hybridized carbons (Fsp3) is 0.125. The number of methoxy groups -OCH3 is 2. The maximum atomic E-state index is 6.01. The Morgan fingerprint density at radius 2 is 1.68 bits per heavy atom. The lowest BCUT2D eigenvalue weighted by molar-refractivity contribution is 0.306. The highest BCUT2D eigenvalue weighted by atomic mass is 16.5. The predicted octanol–water partition coefficient (Wildman–Crippen LogP) is 4.56. The fourth-order valence-electron chi connectivity index (χ4n) is 3.56. The van der Waals surface area contributed by atoms with Gasteiger partial charge in [-0.25, -0.2) is 4.68 Å². The first-order chi connectivity index (χ1) is 15.3. The zero-order chi connectivity index (χ0) is 21.2. The maximum Gasteiger partial charge on any atom is 0.162 e. The Labute approximate surface area is 178 Å². The van der Waals surface area contributed by atoms with Crippen LogP contribution in [0.5, 0.6) is 17.2 Å². The molecule has 0 saturated carbocycles. The highest BCUT2D eigenvalue weighted by Gasteiger charge is 2.14. The van der Waals surface area contributed by atoms with Gasteiger partial charge in [-0.3, -0.25) is 0 Å². The summed E-state index contributed by atoms with van der Waals surface area (Å²) in [6.45, 7) is 0.497. The van der Waals surface area contributed by atoms with Crippen LogP contribution in [0, 0.1) is 0 Å². The van der Waals surface area contributed by atoms with Crippen molar-refractivity contribution in [2.75, 3.05) is 14.2 Å². The molecule has 0 unspecified atom stereocenters. The first-order valence-corrected chi connectivity index (χ1v) is 9.79. The van der Waals surface area contributed by atoms with E-state index in [0.717, 1.165) is 33.3 Å². The highest BCUT2D eigenvalue weighted by Crippen LogP contribution is 2.34. The summed E-state index contributed by atoms with van der Waals surface area (Å²) < 4.78 is 18.7. The van der Waals surface area contributed by atoms with Gasteiger partial charge in [-0.15, -0.1) is 0 Å². The molecule has 154 valence electrons. The number of nitrogens with zero attached hydrogens (tertiary/aromatic N) is 4. The molecule has 0 aliphatic rings.